The molecule has 0 spiro atoms. The zero-order valence-corrected chi connectivity index (χ0v) is 21.4. The molecule has 0 bridgehead atoms. The van der Waals surface area contributed by atoms with Crippen LogP contribution in [-0.4, -0.2) is 47.4 Å². The molecular formula is C30H31N5O2. The molecule has 37 heavy (non-hydrogen) atoms. The van der Waals surface area contributed by atoms with E-state index in [9.17, 15) is 9.59 Å². The number of hydrogen-bond donors (Lipinski definition) is 1. The largest absolute Gasteiger partial charge is 0.368 e. The molecule has 2 aromatic heterocycles. The monoisotopic (exact) mass is 493 g/mol. The summed E-state index contributed by atoms with van der Waals surface area (Å²) in [6.45, 7) is 7.69. The number of aryl methyl sites for hydroxylation is 3. The third-order valence-corrected chi connectivity index (χ3v) is 6.73. The molecule has 5 rings (SSSR count). The van der Waals surface area contributed by atoms with Gasteiger partial charge in [-0.05, 0) is 67.4 Å². The molecule has 7 heteroatoms. The summed E-state index contributed by atoms with van der Waals surface area (Å²) < 4.78 is 1.70. The standard InChI is InChI=1S/C30H31N5O2/c1-21-17-22(2)31-28(18-21)35-15-13-34(14-16-35)26-11-9-25(10-12-26)32-30(37)29(36)27-19-24(20-33(27)3)23-7-5-4-6-8-23/h4-12,17-20H,13-16H2,1-3H3,(H,32,37). The van der Waals surface area contributed by atoms with Gasteiger partial charge in [-0.3, -0.25) is 9.59 Å². The fourth-order valence-electron chi connectivity index (χ4n) is 4.81. The van der Waals surface area contributed by atoms with Crippen LogP contribution >= 0.6 is 0 Å². The van der Waals surface area contributed by atoms with Crippen LogP contribution < -0.4 is 15.1 Å². The summed E-state index contributed by atoms with van der Waals surface area (Å²) in [6, 6.07) is 23.4. The molecule has 0 saturated carbocycles. The summed E-state index contributed by atoms with van der Waals surface area (Å²) in [5.74, 6) is -0.179. The second kappa shape index (κ2) is 10.3. The zero-order chi connectivity index (χ0) is 25.9. The van der Waals surface area contributed by atoms with Crippen LogP contribution in [0.3, 0.4) is 0 Å². The van der Waals surface area contributed by atoms with Gasteiger partial charge in [0.15, 0.2) is 0 Å². The number of hydrogen-bond acceptors (Lipinski definition) is 5. The van der Waals surface area contributed by atoms with Gasteiger partial charge in [-0.25, -0.2) is 4.98 Å². The smallest absolute Gasteiger partial charge is 0.298 e. The van der Waals surface area contributed by atoms with Gasteiger partial charge in [-0.2, -0.15) is 0 Å². The lowest BCUT2D eigenvalue weighted by Crippen LogP contribution is -2.46. The Morgan fingerprint density at radius 2 is 1.49 bits per heavy atom. The van der Waals surface area contributed by atoms with Gasteiger partial charge < -0.3 is 19.7 Å². The van der Waals surface area contributed by atoms with Gasteiger partial charge >= 0.3 is 0 Å². The van der Waals surface area contributed by atoms with Crippen LogP contribution in [0.5, 0.6) is 0 Å². The third kappa shape index (κ3) is 5.40. The van der Waals surface area contributed by atoms with Crippen molar-refractivity contribution in [3.05, 3.63) is 95.9 Å². The normalized spacial score (nSPS) is 13.5. The molecule has 3 heterocycles. The van der Waals surface area contributed by atoms with Crippen molar-refractivity contribution in [3.63, 3.8) is 0 Å². The van der Waals surface area contributed by atoms with Crippen molar-refractivity contribution in [2.75, 3.05) is 41.3 Å². The average Bonchev–Trinajstić information content (AvgIpc) is 3.30. The van der Waals surface area contributed by atoms with E-state index in [1.165, 1.54) is 5.56 Å². The van der Waals surface area contributed by atoms with E-state index in [-0.39, 0.29) is 0 Å². The second-order valence-corrected chi connectivity index (χ2v) is 9.54. The minimum absolute atomic E-state index is 0.351. The van der Waals surface area contributed by atoms with Gasteiger partial charge in [0.05, 0.1) is 5.69 Å². The highest BCUT2D eigenvalue weighted by atomic mass is 16.2. The summed E-state index contributed by atoms with van der Waals surface area (Å²) in [5, 5.41) is 2.75. The first-order valence-electron chi connectivity index (χ1n) is 12.5. The van der Waals surface area contributed by atoms with Gasteiger partial charge in [0.2, 0.25) is 0 Å². The van der Waals surface area contributed by atoms with Crippen molar-refractivity contribution >= 4 is 28.9 Å². The molecule has 7 nitrogen and oxygen atoms in total. The highest BCUT2D eigenvalue weighted by molar-refractivity contribution is 6.46. The Kier molecular flexibility index (Phi) is 6.77. The van der Waals surface area contributed by atoms with Gasteiger partial charge in [0, 0.05) is 62.1 Å². The van der Waals surface area contributed by atoms with Crippen molar-refractivity contribution in [1.82, 2.24) is 9.55 Å². The Hall–Kier alpha value is -4.39. The van der Waals surface area contributed by atoms with Crippen LogP contribution in [0, 0.1) is 13.8 Å². The number of piperazine rings is 1. The summed E-state index contributed by atoms with van der Waals surface area (Å²) >= 11 is 0. The number of rotatable bonds is 6. The number of carbonyl (C=O) groups is 2. The Labute approximate surface area is 217 Å². The fraction of sp³-hybridized carbons (Fsp3) is 0.233. The van der Waals surface area contributed by atoms with Crippen molar-refractivity contribution in [1.29, 1.82) is 0 Å². The number of anilines is 3. The number of nitrogens with zero attached hydrogens (tertiary/aromatic N) is 4. The molecule has 0 radical (unpaired) electrons. The Balaban J connectivity index is 1.19. The van der Waals surface area contributed by atoms with E-state index in [4.69, 9.17) is 4.98 Å². The third-order valence-electron chi connectivity index (χ3n) is 6.73. The molecule has 1 fully saturated rings. The van der Waals surface area contributed by atoms with Gasteiger partial charge in [-0.15, -0.1) is 0 Å². The average molecular weight is 494 g/mol. The summed E-state index contributed by atoms with van der Waals surface area (Å²) in [5.41, 5.74) is 6.20. The molecule has 1 aliphatic heterocycles. The van der Waals surface area contributed by atoms with Crippen molar-refractivity contribution in [2.24, 2.45) is 7.05 Å². The minimum Gasteiger partial charge on any atom is -0.368 e. The minimum atomic E-state index is -0.650. The van der Waals surface area contributed by atoms with E-state index < -0.39 is 11.7 Å². The van der Waals surface area contributed by atoms with Crippen LogP contribution in [0.2, 0.25) is 0 Å². The number of amides is 1. The summed E-state index contributed by atoms with van der Waals surface area (Å²) in [6.07, 6.45) is 1.86. The first kappa shape index (κ1) is 24.3. The molecule has 188 valence electrons. The van der Waals surface area contributed by atoms with Crippen LogP contribution in [0.1, 0.15) is 21.7 Å². The summed E-state index contributed by atoms with van der Waals surface area (Å²) in [7, 11) is 1.78. The van der Waals surface area contributed by atoms with E-state index >= 15 is 0 Å². The van der Waals surface area contributed by atoms with Crippen molar-refractivity contribution in [2.45, 2.75) is 13.8 Å². The zero-order valence-electron chi connectivity index (χ0n) is 21.4. The molecule has 1 N–H and O–H groups in total. The van der Waals surface area contributed by atoms with E-state index in [1.54, 1.807) is 17.7 Å². The Bertz CT molecular complexity index is 1400. The van der Waals surface area contributed by atoms with E-state index in [2.05, 4.69) is 34.2 Å². The Morgan fingerprint density at radius 3 is 2.16 bits per heavy atom. The lowest BCUT2D eigenvalue weighted by molar-refractivity contribution is -0.112. The number of Topliss-reactive ketones (excluding diaryl/α,β-unsaturated/α-hetero) is 1. The topological polar surface area (TPSA) is 70.5 Å². The van der Waals surface area contributed by atoms with Crippen LogP contribution in [-0.2, 0) is 11.8 Å². The molecular weight excluding hydrogens is 462 g/mol. The molecule has 0 atom stereocenters. The first-order valence-corrected chi connectivity index (χ1v) is 12.5. The van der Waals surface area contributed by atoms with E-state index in [0.29, 0.717) is 11.4 Å². The maximum Gasteiger partial charge on any atom is 0.298 e. The van der Waals surface area contributed by atoms with Gasteiger partial charge in [0.1, 0.15) is 5.82 Å². The van der Waals surface area contributed by atoms with Crippen LogP contribution in [0.25, 0.3) is 11.1 Å². The van der Waals surface area contributed by atoms with E-state index in [0.717, 1.165) is 54.5 Å². The quantitative estimate of drug-likeness (QED) is 0.307. The number of ketones is 1. The number of nitrogens with one attached hydrogen (secondary N) is 1. The fourth-order valence-corrected chi connectivity index (χ4v) is 4.81. The van der Waals surface area contributed by atoms with Gasteiger partial charge in [-0.1, -0.05) is 30.3 Å². The highest BCUT2D eigenvalue weighted by Crippen LogP contribution is 2.24. The number of benzene rings is 2. The van der Waals surface area contributed by atoms with E-state index in [1.807, 2.05) is 67.7 Å². The predicted octanol–water partition coefficient (Wildman–Crippen LogP) is 4.85. The first-order chi connectivity index (χ1) is 17.9. The van der Waals surface area contributed by atoms with Crippen LogP contribution in [0.4, 0.5) is 17.2 Å². The molecule has 2 aromatic carbocycles. The van der Waals surface area contributed by atoms with Crippen LogP contribution in [0.15, 0.2) is 79.0 Å². The van der Waals surface area contributed by atoms with Gasteiger partial charge in [0.25, 0.3) is 11.7 Å². The molecule has 4 aromatic rings. The predicted molar refractivity (Wildman–Crippen MR) is 148 cm³/mol. The molecule has 1 aliphatic rings. The maximum absolute atomic E-state index is 12.9. The lowest BCUT2D eigenvalue weighted by Gasteiger charge is -2.37. The van der Waals surface area contributed by atoms with Crippen molar-refractivity contribution in [3.8, 4) is 11.1 Å². The SMILES string of the molecule is Cc1cc(C)nc(N2CCN(c3ccc(NC(=O)C(=O)c4cc(-c5ccccc5)cn4C)cc3)CC2)c1. The highest BCUT2D eigenvalue weighted by Gasteiger charge is 2.22. The molecule has 1 saturated heterocycles. The number of aromatic nitrogens is 2. The lowest BCUT2D eigenvalue weighted by atomic mass is 10.1. The molecule has 0 unspecified atom stereocenters. The second-order valence-electron chi connectivity index (χ2n) is 9.54. The van der Waals surface area contributed by atoms with Crippen molar-refractivity contribution < 1.29 is 9.59 Å². The maximum atomic E-state index is 12.9. The summed E-state index contributed by atoms with van der Waals surface area (Å²) in [4.78, 5) is 34.9. The number of carbonyl (C=O) groups excluding carboxylic acids is 2. The Morgan fingerprint density at radius 1 is 0.811 bits per heavy atom. The molecule has 1 amide bonds. The number of pyridine rings is 1. The molecule has 0 aliphatic carbocycles.